The molecular formula is C13H21NO2. The minimum Gasteiger partial charge on any atom is -0.494 e. The normalized spacial score (nSPS) is 12.4. The molecule has 0 aliphatic heterocycles. The van der Waals surface area contributed by atoms with Crippen LogP contribution in [0.25, 0.3) is 0 Å². The van der Waals surface area contributed by atoms with Gasteiger partial charge in [-0.15, -0.1) is 0 Å². The number of aliphatic hydroxyl groups is 1. The van der Waals surface area contributed by atoms with E-state index in [2.05, 4.69) is 18.3 Å². The summed E-state index contributed by atoms with van der Waals surface area (Å²) in [5.41, 5.74) is 1.17. The molecule has 3 nitrogen and oxygen atoms in total. The highest BCUT2D eigenvalue weighted by atomic mass is 16.5. The Bertz CT molecular complexity index is 302. The maximum absolute atomic E-state index is 8.84. The van der Waals surface area contributed by atoms with Crippen molar-refractivity contribution >= 4 is 0 Å². The molecule has 0 aliphatic rings. The third-order valence-corrected chi connectivity index (χ3v) is 2.51. The Balaban J connectivity index is 2.81. The van der Waals surface area contributed by atoms with Crippen molar-refractivity contribution in [2.75, 3.05) is 19.8 Å². The molecule has 0 amide bonds. The molecule has 1 aromatic carbocycles. The van der Waals surface area contributed by atoms with Gasteiger partial charge in [-0.05, 0) is 19.4 Å². The average Bonchev–Trinajstić information content (AvgIpc) is 2.32. The molecule has 0 saturated carbocycles. The van der Waals surface area contributed by atoms with Crippen LogP contribution in [0.1, 0.15) is 31.9 Å². The van der Waals surface area contributed by atoms with Crippen molar-refractivity contribution in [1.82, 2.24) is 5.32 Å². The summed E-state index contributed by atoms with van der Waals surface area (Å²) in [6.45, 7) is 5.55. The van der Waals surface area contributed by atoms with E-state index in [-0.39, 0.29) is 12.6 Å². The molecule has 0 spiro atoms. The van der Waals surface area contributed by atoms with E-state index < -0.39 is 0 Å². The number of hydrogen-bond acceptors (Lipinski definition) is 3. The van der Waals surface area contributed by atoms with Gasteiger partial charge in [0.15, 0.2) is 0 Å². The molecule has 16 heavy (non-hydrogen) atoms. The van der Waals surface area contributed by atoms with Gasteiger partial charge in [0, 0.05) is 18.2 Å². The highest BCUT2D eigenvalue weighted by Crippen LogP contribution is 2.26. The summed E-state index contributed by atoms with van der Waals surface area (Å²) >= 11 is 0. The van der Waals surface area contributed by atoms with E-state index in [1.54, 1.807) is 0 Å². The van der Waals surface area contributed by atoms with E-state index in [1.807, 2.05) is 25.1 Å². The molecule has 0 radical (unpaired) electrons. The molecule has 0 heterocycles. The first-order valence-corrected chi connectivity index (χ1v) is 5.89. The zero-order valence-electron chi connectivity index (χ0n) is 10.1. The van der Waals surface area contributed by atoms with Crippen LogP contribution in [-0.2, 0) is 0 Å². The van der Waals surface area contributed by atoms with E-state index in [9.17, 15) is 0 Å². The van der Waals surface area contributed by atoms with Crippen molar-refractivity contribution in [1.29, 1.82) is 0 Å². The number of benzene rings is 1. The maximum Gasteiger partial charge on any atom is 0.124 e. The Morgan fingerprint density at radius 2 is 2.06 bits per heavy atom. The van der Waals surface area contributed by atoms with Crippen molar-refractivity contribution in [2.45, 2.75) is 26.3 Å². The van der Waals surface area contributed by atoms with Crippen LogP contribution in [-0.4, -0.2) is 24.9 Å². The van der Waals surface area contributed by atoms with Gasteiger partial charge < -0.3 is 15.2 Å². The first-order valence-electron chi connectivity index (χ1n) is 5.89. The molecule has 1 aromatic rings. The summed E-state index contributed by atoms with van der Waals surface area (Å²) < 4.78 is 5.60. The Morgan fingerprint density at radius 3 is 2.69 bits per heavy atom. The molecular weight excluding hydrogens is 202 g/mol. The van der Waals surface area contributed by atoms with Crippen LogP contribution < -0.4 is 10.1 Å². The summed E-state index contributed by atoms with van der Waals surface area (Å²) in [4.78, 5) is 0. The van der Waals surface area contributed by atoms with Crippen LogP contribution in [0, 0.1) is 0 Å². The van der Waals surface area contributed by atoms with Crippen LogP contribution in [0.2, 0.25) is 0 Å². The second-order valence-corrected chi connectivity index (χ2v) is 3.61. The Morgan fingerprint density at radius 1 is 1.31 bits per heavy atom. The Labute approximate surface area is 97.4 Å². The zero-order valence-corrected chi connectivity index (χ0v) is 10.1. The smallest absolute Gasteiger partial charge is 0.124 e. The van der Waals surface area contributed by atoms with Gasteiger partial charge in [0.2, 0.25) is 0 Å². The predicted molar refractivity (Wildman–Crippen MR) is 65.7 cm³/mol. The molecule has 90 valence electrons. The Hall–Kier alpha value is -1.06. The predicted octanol–water partition coefficient (Wildman–Crippen LogP) is 2.12. The molecule has 1 atom stereocenters. The number of hydrogen-bond donors (Lipinski definition) is 2. The fraction of sp³-hybridized carbons (Fsp3) is 0.538. The first-order chi connectivity index (χ1) is 7.83. The number of nitrogens with one attached hydrogen (secondary N) is 1. The van der Waals surface area contributed by atoms with E-state index in [1.165, 1.54) is 5.56 Å². The second-order valence-electron chi connectivity index (χ2n) is 3.61. The first kappa shape index (κ1) is 13.0. The zero-order chi connectivity index (χ0) is 11.8. The van der Waals surface area contributed by atoms with Gasteiger partial charge in [-0.3, -0.25) is 0 Å². The molecule has 2 N–H and O–H groups in total. The number of para-hydroxylation sites is 1. The standard InChI is InChI=1S/C13H21NO2/c1-3-12(14-9-10-15)11-7-5-6-8-13(11)16-4-2/h5-8,12,14-15H,3-4,9-10H2,1-2H3. The summed E-state index contributed by atoms with van der Waals surface area (Å²) in [5, 5.41) is 12.1. The number of aliphatic hydroxyl groups excluding tert-OH is 1. The Kier molecular flexibility index (Phi) is 5.90. The number of ether oxygens (including phenoxy) is 1. The topological polar surface area (TPSA) is 41.5 Å². The van der Waals surface area contributed by atoms with Gasteiger partial charge in [-0.2, -0.15) is 0 Å². The fourth-order valence-corrected chi connectivity index (χ4v) is 1.77. The van der Waals surface area contributed by atoms with Crippen molar-refractivity contribution in [3.63, 3.8) is 0 Å². The van der Waals surface area contributed by atoms with Crippen LogP contribution >= 0.6 is 0 Å². The fourth-order valence-electron chi connectivity index (χ4n) is 1.77. The van der Waals surface area contributed by atoms with Crippen LogP contribution in [0.5, 0.6) is 5.75 Å². The third-order valence-electron chi connectivity index (χ3n) is 2.51. The SMILES string of the molecule is CCOc1ccccc1C(CC)NCCO. The lowest BCUT2D eigenvalue weighted by molar-refractivity contribution is 0.280. The van der Waals surface area contributed by atoms with Gasteiger partial charge in [-0.25, -0.2) is 0 Å². The molecule has 0 aliphatic carbocycles. The highest BCUT2D eigenvalue weighted by molar-refractivity contribution is 5.35. The monoisotopic (exact) mass is 223 g/mol. The molecule has 1 unspecified atom stereocenters. The van der Waals surface area contributed by atoms with Crippen molar-refractivity contribution in [3.05, 3.63) is 29.8 Å². The second kappa shape index (κ2) is 7.25. The third kappa shape index (κ3) is 3.51. The van der Waals surface area contributed by atoms with Gasteiger partial charge in [0.1, 0.15) is 5.75 Å². The lowest BCUT2D eigenvalue weighted by atomic mass is 10.0. The quantitative estimate of drug-likeness (QED) is 0.744. The average molecular weight is 223 g/mol. The van der Waals surface area contributed by atoms with Crippen molar-refractivity contribution in [2.24, 2.45) is 0 Å². The molecule has 0 saturated heterocycles. The minimum absolute atomic E-state index is 0.160. The van der Waals surface area contributed by atoms with Crippen molar-refractivity contribution in [3.8, 4) is 5.75 Å². The highest BCUT2D eigenvalue weighted by Gasteiger charge is 2.12. The van der Waals surface area contributed by atoms with Crippen LogP contribution in [0.15, 0.2) is 24.3 Å². The summed E-state index contributed by atoms with van der Waals surface area (Å²) in [7, 11) is 0. The molecule has 3 heteroatoms. The number of rotatable bonds is 7. The van der Waals surface area contributed by atoms with E-state index in [0.29, 0.717) is 13.2 Å². The lowest BCUT2D eigenvalue weighted by Crippen LogP contribution is -2.24. The van der Waals surface area contributed by atoms with Crippen LogP contribution in [0.4, 0.5) is 0 Å². The largest absolute Gasteiger partial charge is 0.494 e. The summed E-state index contributed by atoms with van der Waals surface area (Å²) in [6.07, 6.45) is 0.976. The lowest BCUT2D eigenvalue weighted by Gasteiger charge is -2.20. The van der Waals surface area contributed by atoms with Gasteiger partial charge in [-0.1, -0.05) is 25.1 Å². The maximum atomic E-state index is 8.84. The summed E-state index contributed by atoms with van der Waals surface area (Å²) in [6, 6.07) is 8.30. The van der Waals surface area contributed by atoms with E-state index >= 15 is 0 Å². The molecule has 0 bridgehead atoms. The molecule has 0 fully saturated rings. The van der Waals surface area contributed by atoms with Crippen molar-refractivity contribution < 1.29 is 9.84 Å². The molecule has 1 rings (SSSR count). The van der Waals surface area contributed by atoms with Crippen LogP contribution in [0.3, 0.4) is 0 Å². The van der Waals surface area contributed by atoms with Gasteiger partial charge in [0.25, 0.3) is 0 Å². The van der Waals surface area contributed by atoms with E-state index in [0.717, 1.165) is 12.2 Å². The van der Waals surface area contributed by atoms with Gasteiger partial charge in [0.05, 0.1) is 13.2 Å². The summed E-state index contributed by atoms with van der Waals surface area (Å²) in [5.74, 6) is 0.933. The minimum atomic E-state index is 0.160. The van der Waals surface area contributed by atoms with E-state index in [4.69, 9.17) is 9.84 Å². The molecule has 0 aromatic heterocycles. The van der Waals surface area contributed by atoms with Gasteiger partial charge >= 0.3 is 0 Å².